The van der Waals surface area contributed by atoms with Gasteiger partial charge in [-0.1, -0.05) is 11.6 Å². The number of hydrogen-bond acceptors (Lipinski definition) is 5. The predicted molar refractivity (Wildman–Crippen MR) is 97.0 cm³/mol. The van der Waals surface area contributed by atoms with Gasteiger partial charge in [-0.15, -0.1) is 0 Å². The third kappa shape index (κ3) is 2.82. The third-order valence-electron chi connectivity index (χ3n) is 5.59. The Morgan fingerprint density at radius 3 is 2.72 bits per heavy atom. The van der Waals surface area contributed by atoms with E-state index in [-0.39, 0.29) is 5.69 Å². The molecule has 2 fully saturated rings. The van der Waals surface area contributed by atoms with Gasteiger partial charge in [0.25, 0.3) is 0 Å². The smallest absolute Gasteiger partial charge is 0.313 e. The summed E-state index contributed by atoms with van der Waals surface area (Å²) in [6.45, 7) is 3.77. The number of nitro benzene ring substituents is 1. The SMILES string of the molecule is CN1CCN(C23CCCCC2=Cc2cc(Cl)cc([N+](=O)[O-])c2O3)CC1. The van der Waals surface area contributed by atoms with Crippen LogP contribution in [0.1, 0.15) is 31.2 Å². The van der Waals surface area contributed by atoms with Gasteiger partial charge in [0.15, 0.2) is 5.72 Å². The molecule has 0 radical (unpaired) electrons. The van der Waals surface area contributed by atoms with E-state index in [0.29, 0.717) is 10.8 Å². The number of fused-ring (bicyclic) bond motifs is 2. The second-order valence-corrected chi connectivity index (χ2v) is 7.59. The normalized spacial score (nSPS) is 27.0. The molecule has 1 saturated carbocycles. The summed E-state index contributed by atoms with van der Waals surface area (Å²) in [7, 11) is 2.12. The quantitative estimate of drug-likeness (QED) is 0.594. The molecule has 2 heterocycles. The molecule has 7 heteroatoms. The maximum atomic E-state index is 11.5. The van der Waals surface area contributed by atoms with E-state index >= 15 is 0 Å². The zero-order valence-corrected chi connectivity index (χ0v) is 15.1. The van der Waals surface area contributed by atoms with E-state index in [0.717, 1.165) is 57.4 Å². The molecule has 0 N–H and O–H groups in total. The van der Waals surface area contributed by atoms with Crippen molar-refractivity contribution in [2.24, 2.45) is 0 Å². The van der Waals surface area contributed by atoms with Crippen molar-refractivity contribution in [3.05, 3.63) is 38.4 Å². The Hall–Kier alpha value is -1.63. The number of likely N-dealkylation sites (N-methyl/N-ethyl adjacent to an activating group) is 1. The van der Waals surface area contributed by atoms with Crippen molar-refractivity contribution in [1.82, 2.24) is 9.80 Å². The minimum absolute atomic E-state index is 0.0446. The van der Waals surface area contributed by atoms with Crippen LogP contribution in [-0.2, 0) is 0 Å². The van der Waals surface area contributed by atoms with E-state index in [1.54, 1.807) is 6.07 Å². The van der Waals surface area contributed by atoms with Crippen LogP contribution in [0.5, 0.6) is 5.75 Å². The predicted octanol–water partition coefficient (Wildman–Crippen LogP) is 3.54. The first-order valence-corrected chi connectivity index (χ1v) is 9.19. The number of nitrogens with zero attached hydrogens (tertiary/aromatic N) is 3. The summed E-state index contributed by atoms with van der Waals surface area (Å²) >= 11 is 6.10. The highest BCUT2D eigenvalue weighted by molar-refractivity contribution is 6.31. The molecule has 134 valence electrons. The summed E-state index contributed by atoms with van der Waals surface area (Å²) in [5, 5.41) is 11.9. The van der Waals surface area contributed by atoms with Crippen LogP contribution in [0, 0.1) is 10.1 Å². The van der Waals surface area contributed by atoms with Gasteiger partial charge in [-0.3, -0.25) is 15.0 Å². The fourth-order valence-electron chi connectivity index (χ4n) is 4.24. The molecule has 1 unspecified atom stereocenters. The van der Waals surface area contributed by atoms with Gasteiger partial charge in [-0.25, -0.2) is 0 Å². The molecule has 0 spiro atoms. The molecule has 1 aromatic rings. The van der Waals surface area contributed by atoms with Crippen LogP contribution in [-0.4, -0.2) is 53.7 Å². The molecule has 6 nitrogen and oxygen atoms in total. The molecule has 0 aromatic heterocycles. The largest absolute Gasteiger partial charge is 0.461 e. The molecule has 3 aliphatic rings. The lowest BCUT2D eigenvalue weighted by atomic mass is 9.81. The first-order chi connectivity index (χ1) is 12.0. The average molecular weight is 364 g/mol. The molecule has 1 atom stereocenters. The van der Waals surface area contributed by atoms with E-state index < -0.39 is 10.6 Å². The van der Waals surface area contributed by atoms with Crippen molar-refractivity contribution in [2.75, 3.05) is 33.2 Å². The van der Waals surface area contributed by atoms with Crippen molar-refractivity contribution in [2.45, 2.75) is 31.4 Å². The van der Waals surface area contributed by atoms with Crippen molar-refractivity contribution < 1.29 is 9.66 Å². The third-order valence-corrected chi connectivity index (χ3v) is 5.81. The molecule has 2 aliphatic heterocycles. The maximum Gasteiger partial charge on any atom is 0.313 e. The van der Waals surface area contributed by atoms with Crippen LogP contribution in [0.4, 0.5) is 5.69 Å². The van der Waals surface area contributed by atoms with Gasteiger partial charge in [0.05, 0.1) is 4.92 Å². The number of rotatable bonds is 2. The monoisotopic (exact) mass is 363 g/mol. The number of piperazine rings is 1. The van der Waals surface area contributed by atoms with E-state index in [2.05, 4.69) is 22.9 Å². The van der Waals surface area contributed by atoms with E-state index in [4.69, 9.17) is 16.3 Å². The molecule has 1 saturated heterocycles. The summed E-state index contributed by atoms with van der Waals surface area (Å²) in [6.07, 6.45) is 6.12. The minimum Gasteiger partial charge on any atom is -0.461 e. The zero-order chi connectivity index (χ0) is 17.6. The molecule has 0 bridgehead atoms. The molecular formula is C18H22ClN3O3. The van der Waals surface area contributed by atoms with Gasteiger partial charge in [0.2, 0.25) is 5.75 Å². The van der Waals surface area contributed by atoms with Gasteiger partial charge >= 0.3 is 5.69 Å². The Balaban J connectivity index is 1.80. The van der Waals surface area contributed by atoms with Crippen LogP contribution >= 0.6 is 11.6 Å². The molecular weight excluding hydrogens is 342 g/mol. The number of benzene rings is 1. The highest BCUT2D eigenvalue weighted by Crippen LogP contribution is 2.49. The summed E-state index contributed by atoms with van der Waals surface area (Å²) in [4.78, 5) is 15.8. The first-order valence-electron chi connectivity index (χ1n) is 8.81. The summed E-state index contributed by atoms with van der Waals surface area (Å²) in [5.41, 5.74) is 1.37. The van der Waals surface area contributed by atoms with Crippen molar-refractivity contribution in [1.29, 1.82) is 0 Å². The Kier molecular flexibility index (Phi) is 4.22. The summed E-state index contributed by atoms with van der Waals surface area (Å²) in [5.74, 6) is 0.360. The van der Waals surface area contributed by atoms with Gasteiger partial charge in [0.1, 0.15) is 0 Å². The van der Waals surface area contributed by atoms with E-state index in [1.165, 1.54) is 11.6 Å². The van der Waals surface area contributed by atoms with Gasteiger partial charge < -0.3 is 9.64 Å². The highest BCUT2D eigenvalue weighted by Gasteiger charge is 2.48. The average Bonchev–Trinajstić information content (AvgIpc) is 2.59. The fourth-order valence-corrected chi connectivity index (χ4v) is 4.46. The summed E-state index contributed by atoms with van der Waals surface area (Å²) in [6, 6.07) is 3.15. The van der Waals surface area contributed by atoms with Crippen LogP contribution in [0.25, 0.3) is 6.08 Å². The lowest BCUT2D eigenvalue weighted by Crippen LogP contribution is -2.61. The molecule has 4 rings (SSSR count). The van der Waals surface area contributed by atoms with Gasteiger partial charge in [0, 0.05) is 49.3 Å². The molecule has 1 aliphatic carbocycles. The first kappa shape index (κ1) is 16.8. The fraction of sp³-hybridized carbons (Fsp3) is 0.556. The minimum atomic E-state index is -0.537. The lowest BCUT2D eigenvalue weighted by molar-refractivity contribution is -0.386. The van der Waals surface area contributed by atoms with Gasteiger partial charge in [-0.05, 0) is 44.0 Å². The van der Waals surface area contributed by atoms with Crippen LogP contribution < -0.4 is 4.74 Å². The van der Waals surface area contributed by atoms with Crippen molar-refractivity contribution >= 4 is 23.4 Å². The highest BCUT2D eigenvalue weighted by atomic mass is 35.5. The van der Waals surface area contributed by atoms with E-state index in [1.807, 2.05) is 0 Å². The lowest BCUT2D eigenvalue weighted by Gasteiger charge is -2.51. The number of halogens is 1. The number of ether oxygens (including phenoxy) is 1. The Morgan fingerprint density at radius 2 is 2.00 bits per heavy atom. The second kappa shape index (κ2) is 6.27. The Bertz CT molecular complexity index is 743. The van der Waals surface area contributed by atoms with Gasteiger partial charge in [-0.2, -0.15) is 0 Å². The standard InChI is InChI=1S/C18H22ClN3O3/c1-20-6-8-21(9-7-20)18-5-3-2-4-14(18)10-13-11-15(19)12-16(22(23)24)17(13)25-18/h10-12H,2-9H2,1H3. The van der Waals surface area contributed by atoms with Crippen LogP contribution in [0.15, 0.2) is 17.7 Å². The Morgan fingerprint density at radius 1 is 1.24 bits per heavy atom. The second-order valence-electron chi connectivity index (χ2n) is 7.15. The molecule has 25 heavy (non-hydrogen) atoms. The van der Waals surface area contributed by atoms with E-state index in [9.17, 15) is 10.1 Å². The zero-order valence-electron chi connectivity index (χ0n) is 14.3. The van der Waals surface area contributed by atoms with Crippen LogP contribution in [0.3, 0.4) is 0 Å². The Labute approximate surface area is 152 Å². The number of hydrogen-bond donors (Lipinski definition) is 0. The van der Waals surface area contributed by atoms with Crippen molar-refractivity contribution in [3.8, 4) is 5.75 Å². The molecule has 0 amide bonds. The van der Waals surface area contributed by atoms with Crippen LogP contribution in [0.2, 0.25) is 5.02 Å². The maximum absolute atomic E-state index is 11.5. The van der Waals surface area contributed by atoms with Crippen molar-refractivity contribution in [3.63, 3.8) is 0 Å². The molecule has 1 aromatic carbocycles. The topological polar surface area (TPSA) is 58.9 Å². The summed E-state index contributed by atoms with van der Waals surface area (Å²) < 4.78 is 6.48. The number of nitro groups is 1.